The highest BCUT2D eigenvalue weighted by Gasteiger charge is 2.28. The Morgan fingerprint density at radius 2 is 2.10 bits per heavy atom. The molecule has 1 aromatic rings. The number of benzene rings is 1. The minimum Gasteiger partial charge on any atom is -0.381 e. The summed E-state index contributed by atoms with van der Waals surface area (Å²) < 4.78 is 17.7. The zero-order valence-electron chi connectivity index (χ0n) is 12.2. The molecule has 1 saturated heterocycles. The van der Waals surface area contributed by atoms with Crippen molar-refractivity contribution in [3.8, 4) is 0 Å². The Hall–Kier alpha value is -1.24. The van der Waals surface area contributed by atoms with Crippen LogP contribution in [0.15, 0.2) is 24.3 Å². The van der Waals surface area contributed by atoms with Gasteiger partial charge in [-0.05, 0) is 31.4 Å². The number of ether oxygens (including phenoxy) is 1. The van der Waals surface area contributed by atoms with Crippen LogP contribution in [0.3, 0.4) is 0 Å². The first-order chi connectivity index (χ1) is 10.1. The van der Waals surface area contributed by atoms with Gasteiger partial charge in [0.15, 0.2) is 0 Å². The second kappa shape index (κ2) is 7.68. The molecule has 0 spiro atoms. The van der Waals surface area contributed by atoms with Gasteiger partial charge in [0.1, 0.15) is 5.25 Å². The highest BCUT2D eigenvalue weighted by molar-refractivity contribution is 7.87. The van der Waals surface area contributed by atoms with Gasteiger partial charge >= 0.3 is 0 Å². The van der Waals surface area contributed by atoms with E-state index in [-0.39, 0.29) is 11.2 Å². The lowest BCUT2D eigenvalue weighted by Crippen LogP contribution is -2.37. The molecule has 0 aliphatic carbocycles. The van der Waals surface area contributed by atoms with Crippen molar-refractivity contribution in [3.63, 3.8) is 0 Å². The van der Waals surface area contributed by atoms with Crippen molar-refractivity contribution in [2.75, 3.05) is 18.5 Å². The summed E-state index contributed by atoms with van der Waals surface area (Å²) in [5.41, 5.74) is 7.22. The van der Waals surface area contributed by atoms with Crippen molar-refractivity contribution in [3.05, 3.63) is 29.8 Å². The van der Waals surface area contributed by atoms with Gasteiger partial charge in [-0.15, -0.1) is 0 Å². The molecule has 1 amide bonds. The van der Waals surface area contributed by atoms with Gasteiger partial charge in [0.2, 0.25) is 5.91 Å². The molecule has 1 fully saturated rings. The van der Waals surface area contributed by atoms with Crippen LogP contribution in [0, 0.1) is 0 Å². The second-order valence-corrected chi connectivity index (χ2v) is 7.16. The van der Waals surface area contributed by atoms with Crippen LogP contribution < -0.4 is 11.1 Å². The van der Waals surface area contributed by atoms with Crippen LogP contribution in [0.25, 0.3) is 0 Å². The summed E-state index contributed by atoms with van der Waals surface area (Å²) in [6.45, 7) is 3.32. The van der Waals surface area contributed by atoms with Crippen molar-refractivity contribution in [1.82, 2.24) is 0 Å². The summed E-state index contributed by atoms with van der Waals surface area (Å²) in [6, 6.07) is 7.40. The molecular weight excluding hydrogens is 288 g/mol. The Kier molecular flexibility index (Phi) is 5.90. The van der Waals surface area contributed by atoms with Crippen LogP contribution in [0.5, 0.6) is 0 Å². The number of hydrogen-bond acceptors (Lipinski definition) is 4. The van der Waals surface area contributed by atoms with E-state index in [4.69, 9.17) is 10.5 Å². The predicted octanol–water partition coefficient (Wildman–Crippen LogP) is 1.40. The molecule has 5 nitrogen and oxygen atoms in total. The van der Waals surface area contributed by atoms with E-state index >= 15 is 0 Å². The van der Waals surface area contributed by atoms with Gasteiger partial charge in [-0.1, -0.05) is 18.2 Å². The van der Waals surface area contributed by atoms with E-state index < -0.39 is 16.0 Å². The zero-order chi connectivity index (χ0) is 15.2. The molecule has 2 unspecified atom stereocenters. The standard InChI is InChI=1S/C15H22N2O3S/c1-11(21(19)13-6-8-20-9-7-13)15(18)17-14-5-3-2-4-12(14)10-16/h2-5,11,13H,6-10,16H2,1H3,(H,17,18). The Labute approximate surface area is 127 Å². The molecule has 0 aromatic heterocycles. The molecule has 0 radical (unpaired) electrons. The molecule has 116 valence electrons. The van der Waals surface area contributed by atoms with Gasteiger partial charge in [-0.3, -0.25) is 9.00 Å². The number of hydrogen-bond donors (Lipinski definition) is 2. The first-order valence-corrected chi connectivity index (χ1v) is 8.47. The highest BCUT2D eigenvalue weighted by atomic mass is 32.2. The average Bonchev–Trinajstić information content (AvgIpc) is 2.54. The first kappa shape index (κ1) is 16.1. The molecule has 1 aliphatic heterocycles. The van der Waals surface area contributed by atoms with Crippen LogP contribution in [0.4, 0.5) is 5.69 Å². The lowest BCUT2D eigenvalue weighted by Gasteiger charge is -2.24. The molecule has 1 aromatic carbocycles. The van der Waals surface area contributed by atoms with Gasteiger partial charge < -0.3 is 15.8 Å². The molecular formula is C15H22N2O3S. The summed E-state index contributed by atoms with van der Waals surface area (Å²) in [5.74, 6) is -0.222. The van der Waals surface area contributed by atoms with Crippen molar-refractivity contribution in [2.45, 2.75) is 36.8 Å². The minimum atomic E-state index is -1.19. The molecule has 1 heterocycles. The fourth-order valence-electron chi connectivity index (χ4n) is 2.36. The van der Waals surface area contributed by atoms with Gasteiger partial charge in [0.25, 0.3) is 0 Å². The maximum absolute atomic E-state index is 12.5. The van der Waals surface area contributed by atoms with Gasteiger partial charge in [-0.2, -0.15) is 0 Å². The Morgan fingerprint density at radius 1 is 1.43 bits per heavy atom. The third-order valence-electron chi connectivity index (χ3n) is 3.71. The molecule has 1 aliphatic rings. The zero-order valence-corrected chi connectivity index (χ0v) is 13.0. The number of amides is 1. The Morgan fingerprint density at radius 3 is 2.76 bits per heavy atom. The van der Waals surface area contributed by atoms with Crippen LogP contribution in [-0.2, 0) is 26.9 Å². The summed E-state index contributed by atoms with van der Waals surface area (Å²) >= 11 is 0. The second-order valence-electron chi connectivity index (χ2n) is 5.13. The van der Waals surface area contributed by atoms with E-state index in [2.05, 4.69) is 5.32 Å². The fraction of sp³-hybridized carbons (Fsp3) is 0.533. The van der Waals surface area contributed by atoms with E-state index in [0.717, 1.165) is 18.4 Å². The maximum atomic E-state index is 12.5. The Balaban J connectivity index is 2.00. The van der Waals surface area contributed by atoms with E-state index in [1.165, 1.54) is 0 Å². The van der Waals surface area contributed by atoms with Crippen LogP contribution in [-0.4, -0.2) is 33.8 Å². The van der Waals surface area contributed by atoms with Gasteiger partial charge in [0.05, 0.1) is 0 Å². The topological polar surface area (TPSA) is 81.4 Å². The summed E-state index contributed by atoms with van der Waals surface area (Å²) in [5, 5.41) is 2.34. The molecule has 0 bridgehead atoms. The predicted molar refractivity (Wildman–Crippen MR) is 84.4 cm³/mol. The van der Waals surface area contributed by atoms with Crippen LogP contribution in [0.1, 0.15) is 25.3 Å². The maximum Gasteiger partial charge on any atom is 0.239 e. The minimum absolute atomic E-state index is 0.0456. The monoisotopic (exact) mass is 310 g/mol. The van der Waals surface area contributed by atoms with Gasteiger partial charge in [-0.25, -0.2) is 0 Å². The van der Waals surface area contributed by atoms with E-state index in [0.29, 0.717) is 25.4 Å². The third kappa shape index (κ3) is 4.12. The van der Waals surface area contributed by atoms with Crippen LogP contribution >= 0.6 is 0 Å². The molecule has 3 N–H and O–H groups in total. The summed E-state index contributed by atoms with van der Waals surface area (Å²) in [6.07, 6.45) is 1.51. The smallest absolute Gasteiger partial charge is 0.239 e. The molecule has 2 atom stereocenters. The molecule has 0 saturated carbocycles. The quantitative estimate of drug-likeness (QED) is 0.861. The number of anilines is 1. The highest BCUT2D eigenvalue weighted by Crippen LogP contribution is 2.19. The SMILES string of the molecule is CC(C(=O)Nc1ccccc1CN)S(=O)C1CCOCC1. The molecule has 2 rings (SSSR count). The van der Waals surface area contributed by atoms with Gasteiger partial charge in [0, 0.05) is 41.5 Å². The van der Waals surface area contributed by atoms with Crippen LogP contribution in [0.2, 0.25) is 0 Å². The number of para-hydroxylation sites is 1. The van der Waals surface area contributed by atoms with E-state index in [1.807, 2.05) is 24.3 Å². The first-order valence-electron chi connectivity index (χ1n) is 7.19. The molecule has 6 heteroatoms. The fourth-order valence-corrected chi connectivity index (χ4v) is 3.86. The number of nitrogens with two attached hydrogens (primary N) is 1. The number of nitrogens with one attached hydrogen (secondary N) is 1. The van der Waals surface area contributed by atoms with Crippen molar-refractivity contribution >= 4 is 22.4 Å². The number of carbonyl (C=O) groups is 1. The van der Waals surface area contributed by atoms with E-state index in [1.54, 1.807) is 6.92 Å². The lowest BCUT2D eigenvalue weighted by molar-refractivity contribution is -0.115. The summed E-state index contributed by atoms with van der Waals surface area (Å²) in [7, 11) is -1.19. The van der Waals surface area contributed by atoms with E-state index in [9.17, 15) is 9.00 Å². The van der Waals surface area contributed by atoms with Crippen molar-refractivity contribution in [1.29, 1.82) is 0 Å². The lowest BCUT2D eigenvalue weighted by atomic mass is 10.2. The average molecular weight is 310 g/mol. The van der Waals surface area contributed by atoms with Crippen molar-refractivity contribution in [2.24, 2.45) is 5.73 Å². The van der Waals surface area contributed by atoms with Crippen molar-refractivity contribution < 1.29 is 13.7 Å². The number of carbonyl (C=O) groups excluding carboxylic acids is 1. The summed E-state index contributed by atoms with van der Waals surface area (Å²) in [4.78, 5) is 12.3. The largest absolute Gasteiger partial charge is 0.381 e. The Bertz CT molecular complexity index is 515. The number of rotatable bonds is 5. The molecule has 21 heavy (non-hydrogen) atoms. The third-order valence-corrected chi connectivity index (χ3v) is 5.75. The normalized spacial score (nSPS) is 19.0.